The largest absolute Gasteiger partial charge is 0.162 e. The van der Waals surface area contributed by atoms with Crippen molar-refractivity contribution >= 4 is 11.8 Å². The third-order valence-electron chi connectivity index (χ3n) is 4.60. The number of fused-ring (bicyclic) bond motifs is 1. The second kappa shape index (κ2) is 2.67. The van der Waals surface area contributed by atoms with Gasteiger partial charge in [0.25, 0.3) is 0 Å². The molecule has 2 aliphatic rings. The van der Waals surface area contributed by atoms with Crippen LogP contribution >= 0.6 is 11.8 Å². The van der Waals surface area contributed by atoms with Crippen LogP contribution in [0.1, 0.15) is 46.0 Å². The fourth-order valence-corrected chi connectivity index (χ4v) is 4.48. The second-order valence-electron chi connectivity index (χ2n) is 5.24. The Hall–Kier alpha value is 0.350. The van der Waals surface area contributed by atoms with E-state index in [4.69, 9.17) is 0 Å². The number of rotatable bonds is 1. The molecule has 2 unspecified atom stereocenters. The fourth-order valence-electron chi connectivity index (χ4n) is 3.41. The molecule has 2 rings (SSSR count). The lowest BCUT2D eigenvalue weighted by Crippen LogP contribution is -2.25. The minimum absolute atomic E-state index is 0.695. The van der Waals surface area contributed by atoms with Crippen LogP contribution < -0.4 is 0 Å². The first-order chi connectivity index (χ1) is 5.60. The Morgan fingerprint density at radius 1 is 1.08 bits per heavy atom. The third kappa shape index (κ3) is 1.05. The quantitative estimate of drug-likeness (QED) is 0.598. The van der Waals surface area contributed by atoms with Gasteiger partial charge in [-0.25, -0.2) is 0 Å². The average molecular weight is 184 g/mol. The van der Waals surface area contributed by atoms with Gasteiger partial charge in [-0.3, -0.25) is 0 Å². The van der Waals surface area contributed by atoms with Gasteiger partial charge in [0.15, 0.2) is 0 Å². The monoisotopic (exact) mass is 184 g/mol. The van der Waals surface area contributed by atoms with E-state index in [1.807, 2.05) is 0 Å². The van der Waals surface area contributed by atoms with E-state index < -0.39 is 0 Å². The summed E-state index contributed by atoms with van der Waals surface area (Å²) >= 11 is 2.09. The van der Waals surface area contributed by atoms with Gasteiger partial charge in [-0.1, -0.05) is 20.3 Å². The Morgan fingerprint density at radius 2 is 1.58 bits per heavy atom. The second-order valence-corrected chi connectivity index (χ2v) is 6.38. The number of hydrogen-bond donors (Lipinski definition) is 0. The van der Waals surface area contributed by atoms with Gasteiger partial charge in [-0.2, -0.15) is 11.8 Å². The Morgan fingerprint density at radius 3 is 2.00 bits per heavy atom. The average Bonchev–Trinajstić information content (AvgIpc) is 2.38. The van der Waals surface area contributed by atoms with Crippen LogP contribution in [0.5, 0.6) is 0 Å². The molecule has 12 heavy (non-hydrogen) atoms. The van der Waals surface area contributed by atoms with Crippen molar-refractivity contribution in [3.63, 3.8) is 0 Å². The molecule has 0 spiro atoms. The summed E-state index contributed by atoms with van der Waals surface area (Å²) in [6, 6.07) is 0. The SMILES string of the molecule is CSC1CC2(C)CCCC2(C)C1. The third-order valence-corrected chi connectivity index (χ3v) is 5.60. The zero-order chi connectivity index (χ0) is 8.82. The van der Waals surface area contributed by atoms with Gasteiger partial charge in [-0.15, -0.1) is 0 Å². The van der Waals surface area contributed by atoms with E-state index >= 15 is 0 Å². The van der Waals surface area contributed by atoms with Gasteiger partial charge >= 0.3 is 0 Å². The minimum atomic E-state index is 0.695. The van der Waals surface area contributed by atoms with E-state index in [-0.39, 0.29) is 0 Å². The maximum atomic E-state index is 2.52. The van der Waals surface area contributed by atoms with Crippen molar-refractivity contribution in [2.45, 2.75) is 51.2 Å². The highest BCUT2D eigenvalue weighted by Gasteiger charge is 2.54. The molecule has 0 saturated heterocycles. The summed E-state index contributed by atoms with van der Waals surface area (Å²) in [7, 11) is 0. The maximum Gasteiger partial charge on any atom is 0.00550 e. The van der Waals surface area contributed by atoms with Crippen molar-refractivity contribution in [1.29, 1.82) is 0 Å². The minimum Gasteiger partial charge on any atom is -0.162 e. The highest BCUT2D eigenvalue weighted by molar-refractivity contribution is 7.99. The Labute approximate surface area is 80.5 Å². The van der Waals surface area contributed by atoms with Crippen molar-refractivity contribution in [1.82, 2.24) is 0 Å². The number of hydrogen-bond acceptors (Lipinski definition) is 1. The van der Waals surface area contributed by atoms with E-state index in [0.29, 0.717) is 10.8 Å². The molecule has 2 fully saturated rings. The molecule has 70 valence electrons. The standard InChI is InChI=1S/C11H20S/c1-10-5-4-6-11(10,2)8-9(7-10)12-3/h9H,4-8H2,1-3H3. The maximum absolute atomic E-state index is 2.52. The van der Waals surface area contributed by atoms with E-state index in [9.17, 15) is 0 Å². The summed E-state index contributed by atoms with van der Waals surface area (Å²) in [6.45, 7) is 5.05. The fraction of sp³-hybridized carbons (Fsp3) is 1.00. The normalized spacial score (nSPS) is 52.8. The molecule has 2 aliphatic carbocycles. The Bertz CT molecular complexity index is 171. The van der Waals surface area contributed by atoms with Gasteiger partial charge in [0, 0.05) is 5.25 Å². The lowest BCUT2D eigenvalue weighted by Gasteiger charge is -2.34. The predicted molar refractivity (Wildman–Crippen MR) is 56.6 cm³/mol. The summed E-state index contributed by atoms with van der Waals surface area (Å²) in [5, 5.41) is 0.959. The van der Waals surface area contributed by atoms with Crippen LogP contribution in [0, 0.1) is 10.8 Å². The molecule has 0 amide bonds. The lowest BCUT2D eigenvalue weighted by atomic mass is 9.71. The Kier molecular flexibility index (Phi) is 1.98. The van der Waals surface area contributed by atoms with E-state index in [0.717, 1.165) is 5.25 Å². The van der Waals surface area contributed by atoms with Gasteiger partial charge in [0.05, 0.1) is 0 Å². The van der Waals surface area contributed by atoms with Crippen LogP contribution in [0.4, 0.5) is 0 Å². The molecular formula is C11H20S. The predicted octanol–water partition coefficient (Wildman–Crippen LogP) is 3.71. The summed E-state index contributed by atoms with van der Waals surface area (Å²) in [5.74, 6) is 0. The van der Waals surface area contributed by atoms with Crippen molar-refractivity contribution < 1.29 is 0 Å². The summed E-state index contributed by atoms with van der Waals surface area (Å²) < 4.78 is 0. The van der Waals surface area contributed by atoms with Gasteiger partial charge in [-0.05, 0) is 42.8 Å². The van der Waals surface area contributed by atoms with Gasteiger partial charge in [0.2, 0.25) is 0 Å². The number of thioether (sulfide) groups is 1. The van der Waals surface area contributed by atoms with Crippen molar-refractivity contribution in [3.05, 3.63) is 0 Å². The molecule has 2 saturated carbocycles. The van der Waals surface area contributed by atoms with Gasteiger partial charge < -0.3 is 0 Å². The molecule has 0 aliphatic heterocycles. The molecule has 0 aromatic rings. The van der Waals surface area contributed by atoms with Crippen molar-refractivity contribution in [2.24, 2.45) is 10.8 Å². The molecule has 1 heteroatoms. The molecule has 0 heterocycles. The first kappa shape index (κ1) is 8.93. The molecule has 0 nitrogen and oxygen atoms in total. The zero-order valence-corrected chi connectivity index (χ0v) is 9.34. The lowest BCUT2D eigenvalue weighted by molar-refractivity contribution is 0.157. The summed E-state index contributed by atoms with van der Waals surface area (Å²) in [6.07, 6.45) is 9.68. The van der Waals surface area contributed by atoms with Crippen molar-refractivity contribution in [3.8, 4) is 0 Å². The highest BCUT2D eigenvalue weighted by atomic mass is 32.2. The zero-order valence-electron chi connectivity index (χ0n) is 8.52. The van der Waals surface area contributed by atoms with E-state index in [1.54, 1.807) is 0 Å². The van der Waals surface area contributed by atoms with Gasteiger partial charge in [0.1, 0.15) is 0 Å². The first-order valence-electron chi connectivity index (χ1n) is 5.12. The summed E-state index contributed by atoms with van der Waals surface area (Å²) in [4.78, 5) is 0. The molecule has 0 N–H and O–H groups in total. The molecular weight excluding hydrogens is 164 g/mol. The van der Waals surface area contributed by atoms with Crippen LogP contribution in [-0.2, 0) is 0 Å². The molecule has 0 aromatic carbocycles. The van der Waals surface area contributed by atoms with E-state index in [1.165, 1.54) is 32.1 Å². The van der Waals surface area contributed by atoms with Crippen LogP contribution in [0.2, 0.25) is 0 Å². The molecule has 2 atom stereocenters. The molecule has 0 bridgehead atoms. The Balaban J connectivity index is 2.19. The highest BCUT2D eigenvalue weighted by Crippen LogP contribution is 2.64. The smallest absolute Gasteiger partial charge is 0.00550 e. The van der Waals surface area contributed by atoms with Crippen LogP contribution in [-0.4, -0.2) is 11.5 Å². The van der Waals surface area contributed by atoms with E-state index in [2.05, 4.69) is 31.9 Å². The summed E-state index contributed by atoms with van der Waals surface area (Å²) in [5.41, 5.74) is 1.39. The molecule has 0 radical (unpaired) electrons. The van der Waals surface area contributed by atoms with Crippen LogP contribution in [0.15, 0.2) is 0 Å². The topological polar surface area (TPSA) is 0 Å². The van der Waals surface area contributed by atoms with Crippen molar-refractivity contribution in [2.75, 3.05) is 6.26 Å². The van der Waals surface area contributed by atoms with Crippen LogP contribution in [0.3, 0.4) is 0 Å². The molecule has 0 aromatic heterocycles. The first-order valence-corrected chi connectivity index (χ1v) is 6.41. The van der Waals surface area contributed by atoms with Crippen LogP contribution in [0.25, 0.3) is 0 Å².